The monoisotopic (exact) mass is 435 g/mol. The van der Waals surface area contributed by atoms with E-state index in [-0.39, 0.29) is 17.6 Å². The zero-order valence-corrected chi connectivity index (χ0v) is 16.8. The molecule has 0 unspecified atom stereocenters. The minimum atomic E-state index is -1.08. The van der Waals surface area contributed by atoms with E-state index in [1.165, 1.54) is 6.20 Å². The van der Waals surface area contributed by atoms with Crippen molar-refractivity contribution in [3.05, 3.63) is 21.9 Å². The second-order valence-corrected chi connectivity index (χ2v) is 8.35. The number of nitrogens with zero attached hydrogens (tertiary/aromatic N) is 3. The Balaban J connectivity index is 1.91. The first-order valence-electron chi connectivity index (χ1n) is 8.89. The van der Waals surface area contributed by atoms with Gasteiger partial charge in [0.1, 0.15) is 6.07 Å². The van der Waals surface area contributed by atoms with Gasteiger partial charge < -0.3 is 20.6 Å². The summed E-state index contributed by atoms with van der Waals surface area (Å²) >= 11 is 3.42. The fourth-order valence-corrected chi connectivity index (χ4v) is 4.20. The second kappa shape index (κ2) is 7.35. The van der Waals surface area contributed by atoms with Crippen molar-refractivity contribution in [1.29, 1.82) is 5.26 Å². The van der Waals surface area contributed by atoms with Gasteiger partial charge in [0.2, 0.25) is 0 Å². The lowest BCUT2D eigenvalue weighted by Gasteiger charge is -2.27. The molecule has 2 heterocycles. The lowest BCUT2D eigenvalue weighted by atomic mass is 10.0. The molecule has 1 saturated heterocycles. The molecule has 2 atom stereocenters. The number of rotatable bonds is 5. The van der Waals surface area contributed by atoms with Crippen LogP contribution in [0.15, 0.2) is 10.7 Å². The van der Waals surface area contributed by atoms with Crippen LogP contribution >= 0.6 is 15.9 Å². The summed E-state index contributed by atoms with van der Waals surface area (Å²) in [5.74, 6) is 0.281. The third kappa shape index (κ3) is 4.16. The van der Waals surface area contributed by atoms with Gasteiger partial charge in [-0.15, -0.1) is 0 Å². The van der Waals surface area contributed by atoms with Gasteiger partial charge in [0.25, 0.3) is 5.91 Å². The summed E-state index contributed by atoms with van der Waals surface area (Å²) in [4.78, 5) is 30.0. The molecule has 1 aliphatic carbocycles. The second-order valence-electron chi connectivity index (χ2n) is 7.56. The number of pyridine rings is 1. The van der Waals surface area contributed by atoms with Crippen LogP contribution in [0.2, 0.25) is 0 Å². The van der Waals surface area contributed by atoms with Crippen LogP contribution in [0.5, 0.6) is 0 Å². The number of aromatic nitrogens is 1. The Labute approximate surface area is 166 Å². The van der Waals surface area contributed by atoms with Crippen LogP contribution in [0.3, 0.4) is 0 Å². The quantitative estimate of drug-likeness (QED) is 0.653. The summed E-state index contributed by atoms with van der Waals surface area (Å²) < 4.78 is 0.455. The molecule has 144 valence electrons. The van der Waals surface area contributed by atoms with Crippen molar-refractivity contribution < 1.29 is 14.7 Å². The molecule has 1 aliphatic heterocycles. The van der Waals surface area contributed by atoms with E-state index >= 15 is 0 Å². The van der Waals surface area contributed by atoms with Gasteiger partial charge in [-0.2, -0.15) is 5.26 Å². The zero-order chi connectivity index (χ0) is 19.8. The molecular weight excluding hydrogens is 414 g/mol. The summed E-state index contributed by atoms with van der Waals surface area (Å²) in [5, 5.41) is 24.0. The minimum Gasteiger partial charge on any atom is -0.465 e. The lowest BCUT2D eigenvalue weighted by molar-refractivity contribution is 0.0935. The molecular formula is C18H22BrN5O3. The van der Waals surface area contributed by atoms with Crippen LogP contribution < -0.4 is 15.5 Å². The summed E-state index contributed by atoms with van der Waals surface area (Å²) in [6.07, 6.45) is 3.18. The van der Waals surface area contributed by atoms with Crippen LogP contribution in [0, 0.1) is 17.2 Å². The maximum absolute atomic E-state index is 12.9. The largest absolute Gasteiger partial charge is 0.465 e. The Hall–Kier alpha value is -2.34. The van der Waals surface area contributed by atoms with Gasteiger partial charge in [-0.3, -0.25) is 4.79 Å². The topological polar surface area (TPSA) is 118 Å². The van der Waals surface area contributed by atoms with Gasteiger partial charge in [0.15, 0.2) is 5.69 Å². The van der Waals surface area contributed by atoms with E-state index in [1.807, 2.05) is 24.8 Å². The fraction of sp³-hybridized carbons (Fsp3) is 0.556. The van der Waals surface area contributed by atoms with Gasteiger partial charge in [0, 0.05) is 25.3 Å². The summed E-state index contributed by atoms with van der Waals surface area (Å²) in [5.41, 5.74) is 0.527. The lowest BCUT2D eigenvalue weighted by Crippen LogP contribution is -2.47. The molecule has 8 nitrogen and oxygen atoms in total. The fourth-order valence-electron chi connectivity index (χ4n) is 3.54. The Morgan fingerprint density at radius 3 is 2.81 bits per heavy atom. The smallest absolute Gasteiger partial charge is 0.405 e. The van der Waals surface area contributed by atoms with Gasteiger partial charge in [-0.05, 0) is 55.0 Å². The number of halogens is 1. The molecule has 27 heavy (non-hydrogen) atoms. The maximum atomic E-state index is 12.9. The van der Waals surface area contributed by atoms with Gasteiger partial charge in [0.05, 0.1) is 21.3 Å². The highest BCUT2D eigenvalue weighted by molar-refractivity contribution is 9.10. The Morgan fingerprint density at radius 2 is 2.22 bits per heavy atom. The number of carbonyl (C=O) groups excluding carboxylic acids is 1. The molecule has 0 aromatic carbocycles. The first-order valence-corrected chi connectivity index (χ1v) is 9.69. The average Bonchev–Trinajstić information content (AvgIpc) is 3.37. The Bertz CT molecular complexity index is 820. The van der Waals surface area contributed by atoms with Crippen molar-refractivity contribution in [2.75, 3.05) is 18.0 Å². The third-order valence-corrected chi connectivity index (χ3v) is 5.98. The number of nitriles is 1. The van der Waals surface area contributed by atoms with Gasteiger partial charge in [-0.25, -0.2) is 9.78 Å². The highest BCUT2D eigenvalue weighted by atomic mass is 79.9. The number of hydrogen-bond acceptors (Lipinski definition) is 5. The molecule has 1 aromatic rings. The highest BCUT2D eigenvalue weighted by Crippen LogP contribution is 2.37. The SMILES string of the molecule is C[C@H](NC(=O)c1cnc(C#N)c(Br)c1N1CC[C@](C)(NC(=O)O)C1)C1CC1. The number of nitrogens with one attached hydrogen (secondary N) is 2. The van der Waals surface area contributed by atoms with Crippen molar-refractivity contribution in [2.45, 2.75) is 44.7 Å². The maximum Gasteiger partial charge on any atom is 0.405 e. The summed E-state index contributed by atoms with van der Waals surface area (Å²) in [7, 11) is 0. The number of carboxylic acid groups (broad SMARTS) is 1. The van der Waals surface area contributed by atoms with E-state index in [9.17, 15) is 14.9 Å². The summed E-state index contributed by atoms with van der Waals surface area (Å²) in [6, 6.07) is 2.10. The van der Waals surface area contributed by atoms with Gasteiger partial charge >= 0.3 is 6.09 Å². The molecule has 2 amide bonds. The first-order chi connectivity index (χ1) is 12.7. The van der Waals surface area contributed by atoms with Crippen LogP contribution in [0.1, 0.15) is 49.2 Å². The molecule has 2 aliphatic rings. The Morgan fingerprint density at radius 1 is 1.52 bits per heavy atom. The first kappa shape index (κ1) is 19.4. The molecule has 2 fully saturated rings. The molecule has 0 bridgehead atoms. The van der Waals surface area contributed by atoms with Crippen molar-refractivity contribution >= 4 is 33.6 Å². The molecule has 1 aromatic heterocycles. The van der Waals surface area contributed by atoms with Crippen LogP contribution in [-0.2, 0) is 0 Å². The number of amides is 2. The molecule has 0 spiro atoms. The number of anilines is 1. The van der Waals surface area contributed by atoms with E-state index < -0.39 is 11.6 Å². The molecule has 9 heteroatoms. The minimum absolute atomic E-state index is 0.0808. The van der Waals surface area contributed by atoms with E-state index in [1.54, 1.807) is 0 Å². The Kier molecular flexibility index (Phi) is 5.29. The zero-order valence-electron chi connectivity index (χ0n) is 15.3. The highest BCUT2D eigenvalue weighted by Gasteiger charge is 2.38. The van der Waals surface area contributed by atoms with Crippen LogP contribution in [0.4, 0.5) is 10.5 Å². The van der Waals surface area contributed by atoms with Crippen molar-refractivity contribution in [1.82, 2.24) is 15.6 Å². The van der Waals surface area contributed by atoms with E-state index in [2.05, 4.69) is 31.5 Å². The van der Waals surface area contributed by atoms with Crippen LogP contribution in [-0.4, -0.2) is 46.8 Å². The molecule has 1 saturated carbocycles. The third-order valence-electron chi connectivity index (χ3n) is 5.23. The normalized spacial score (nSPS) is 22.8. The number of carbonyl (C=O) groups is 2. The molecule has 3 N–H and O–H groups in total. The van der Waals surface area contributed by atoms with Gasteiger partial charge in [-0.1, -0.05) is 0 Å². The van der Waals surface area contributed by atoms with Crippen LogP contribution in [0.25, 0.3) is 0 Å². The molecule has 3 rings (SSSR count). The number of hydrogen-bond donors (Lipinski definition) is 3. The predicted octanol–water partition coefficient (Wildman–Crippen LogP) is 2.48. The van der Waals surface area contributed by atoms with Crippen molar-refractivity contribution in [3.63, 3.8) is 0 Å². The average molecular weight is 436 g/mol. The van der Waals surface area contributed by atoms with E-state index in [4.69, 9.17) is 5.11 Å². The van der Waals surface area contributed by atoms with Crippen molar-refractivity contribution in [3.8, 4) is 6.07 Å². The van der Waals surface area contributed by atoms with Crippen molar-refractivity contribution in [2.24, 2.45) is 5.92 Å². The van der Waals surface area contributed by atoms with E-state index in [0.29, 0.717) is 41.2 Å². The van der Waals surface area contributed by atoms with E-state index in [0.717, 1.165) is 12.8 Å². The standard InChI is InChI=1S/C18H22BrN5O3/c1-10(11-3-4-11)22-16(25)12-8-21-13(7-20)14(19)15(12)24-6-5-18(2,9-24)23-17(26)27/h8,10-11,23H,3-6,9H2,1-2H3,(H,22,25)(H,26,27)/t10-,18-/m0/s1. The molecule has 0 radical (unpaired) electrons. The predicted molar refractivity (Wildman–Crippen MR) is 103 cm³/mol. The summed E-state index contributed by atoms with van der Waals surface area (Å²) in [6.45, 7) is 4.77.